The number of ether oxygens (including phenoxy) is 3. The first-order chi connectivity index (χ1) is 15.3. The first kappa shape index (κ1) is 23.4. The second kappa shape index (κ2) is 9.61. The fraction of sp³-hybridized carbons (Fsp3) is 0.478. The summed E-state index contributed by atoms with van der Waals surface area (Å²) in [5.41, 5.74) is 0.852. The molecule has 0 radical (unpaired) electrons. The summed E-state index contributed by atoms with van der Waals surface area (Å²) in [6.45, 7) is -0.449. The summed E-state index contributed by atoms with van der Waals surface area (Å²) in [6.07, 6.45) is -5.67. The highest BCUT2D eigenvalue weighted by Gasteiger charge is 2.44. The number of aliphatic hydroxyl groups is 4. The third-order valence-corrected chi connectivity index (χ3v) is 6.20. The molecule has 0 spiro atoms. The molecule has 5 atom stereocenters. The zero-order valence-corrected chi connectivity index (χ0v) is 18.0. The van der Waals surface area contributed by atoms with E-state index in [0.717, 1.165) is 11.1 Å². The van der Waals surface area contributed by atoms with Crippen LogP contribution in [0.3, 0.4) is 0 Å². The van der Waals surface area contributed by atoms with Crippen LogP contribution < -0.4 is 4.74 Å². The lowest BCUT2D eigenvalue weighted by Gasteiger charge is -2.40. The zero-order chi connectivity index (χ0) is 22.9. The van der Waals surface area contributed by atoms with Gasteiger partial charge in [0.1, 0.15) is 42.9 Å². The van der Waals surface area contributed by atoms with Gasteiger partial charge in [0.05, 0.1) is 19.8 Å². The minimum absolute atomic E-state index is 0.0500. The molecule has 0 saturated carbocycles. The third-order valence-electron chi connectivity index (χ3n) is 5.83. The van der Waals surface area contributed by atoms with Gasteiger partial charge in [0.25, 0.3) is 0 Å². The van der Waals surface area contributed by atoms with Crippen molar-refractivity contribution in [2.75, 3.05) is 26.4 Å². The van der Waals surface area contributed by atoms with Gasteiger partial charge in [-0.1, -0.05) is 35.9 Å². The molecule has 2 aromatic carbocycles. The Morgan fingerprint density at radius 2 is 1.75 bits per heavy atom. The number of hydrogen-bond donors (Lipinski definition) is 4. The topological polar surface area (TPSA) is 109 Å². The van der Waals surface area contributed by atoms with E-state index in [9.17, 15) is 24.8 Å². The lowest BCUT2D eigenvalue weighted by Crippen LogP contribution is -2.55. The Morgan fingerprint density at radius 3 is 2.38 bits per heavy atom. The summed E-state index contributed by atoms with van der Waals surface area (Å²) in [5.74, 6) is 0.554. The Morgan fingerprint density at radius 1 is 1.03 bits per heavy atom. The lowest BCUT2D eigenvalue weighted by molar-refractivity contribution is -0.231. The predicted octanol–water partition coefficient (Wildman–Crippen LogP) is 1.56. The van der Waals surface area contributed by atoms with Crippen LogP contribution in [0, 0.1) is 0 Å². The SMILES string of the molecule is OC[C@H]1O[C@@H](c2ccc(Cl)c(Cc3ccc(OCC4(F)COC4)cc3)c2)[C@H](O)[C@@H](O)[C@@H]1O. The predicted molar refractivity (Wildman–Crippen MR) is 114 cm³/mol. The fourth-order valence-corrected chi connectivity index (χ4v) is 4.01. The van der Waals surface area contributed by atoms with Crippen molar-refractivity contribution in [3.63, 3.8) is 0 Å². The number of hydrogen-bond acceptors (Lipinski definition) is 7. The molecule has 2 aromatic rings. The quantitative estimate of drug-likeness (QED) is 0.488. The molecule has 2 aliphatic rings. The van der Waals surface area contributed by atoms with Gasteiger partial charge in [-0.05, 0) is 41.3 Å². The van der Waals surface area contributed by atoms with Crippen molar-refractivity contribution in [1.82, 2.24) is 0 Å². The van der Waals surface area contributed by atoms with Crippen molar-refractivity contribution in [2.45, 2.75) is 42.6 Å². The highest BCUT2D eigenvalue weighted by molar-refractivity contribution is 6.31. The van der Waals surface area contributed by atoms with E-state index in [2.05, 4.69) is 0 Å². The second-order valence-corrected chi connectivity index (χ2v) is 8.76. The van der Waals surface area contributed by atoms with Gasteiger partial charge in [-0.3, -0.25) is 0 Å². The molecule has 0 amide bonds. The molecule has 0 bridgehead atoms. The molecule has 7 nitrogen and oxygen atoms in total. The standard InChI is InChI=1S/C23H26ClFO7/c24-17-6-3-14(22-21(29)20(28)19(27)18(9-26)32-22)8-15(17)7-13-1-4-16(5-2-13)31-12-23(25)10-30-11-23/h1-6,8,18-22,26-29H,7,9-12H2/t18-,19-,20+,21-,22+/m1/s1. The average molecular weight is 469 g/mol. The maximum absolute atomic E-state index is 14.0. The van der Waals surface area contributed by atoms with E-state index < -0.39 is 42.8 Å². The van der Waals surface area contributed by atoms with E-state index in [1.807, 2.05) is 12.1 Å². The van der Waals surface area contributed by atoms with Gasteiger partial charge in [-0.25, -0.2) is 4.39 Å². The summed E-state index contributed by atoms with van der Waals surface area (Å²) in [5, 5.41) is 40.4. The van der Waals surface area contributed by atoms with Crippen molar-refractivity contribution >= 4 is 11.6 Å². The number of benzene rings is 2. The Labute approximate surface area is 189 Å². The molecule has 0 unspecified atom stereocenters. The number of alkyl halides is 1. The maximum Gasteiger partial charge on any atom is 0.190 e. The van der Waals surface area contributed by atoms with E-state index in [1.54, 1.807) is 30.3 Å². The molecule has 4 rings (SSSR count). The third kappa shape index (κ3) is 4.92. The summed E-state index contributed by atoms with van der Waals surface area (Å²) in [7, 11) is 0. The number of halogens is 2. The summed E-state index contributed by atoms with van der Waals surface area (Å²) >= 11 is 6.37. The van der Waals surface area contributed by atoms with Crippen LogP contribution in [-0.2, 0) is 15.9 Å². The van der Waals surface area contributed by atoms with Crippen molar-refractivity contribution in [1.29, 1.82) is 0 Å². The van der Waals surface area contributed by atoms with Gasteiger partial charge in [0.2, 0.25) is 0 Å². The minimum atomic E-state index is -1.45. The van der Waals surface area contributed by atoms with Crippen LogP contribution in [0.25, 0.3) is 0 Å². The maximum atomic E-state index is 14.0. The van der Waals surface area contributed by atoms with Crippen LogP contribution in [0.2, 0.25) is 5.02 Å². The molecule has 32 heavy (non-hydrogen) atoms. The van der Waals surface area contributed by atoms with Crippen molar-refractivity contribution in [3.05, 3.63) is 64.2 Å². The number of rotatable bonds is 7. The van der Waals surface area contributed by atoms with E-state index in [1.165, 1.54) is 0 Å². The Hall–Kier alpha value is -1.78. The lowest BCUT2D eigenvalue weighted by atomic mass is 9.90. The molecule has 0 aliphatic carbocycles. The van der Waals surface area contributed by atoms with Gasteiger partial charge in [-0.15, -0.1) is 0 Å². The Kier molecular flexibility index (Phi) is 7.02. The monoisotopic (exact) mass is 468 g/mol. The van der Waals surface area contributed by atoms with Gasteiger partial charge < -0.3 is 34.6 Å². The molecule has 4 N–H and O–H groups in total. The molecular formula is C23H26ClFO7. The van der Waals surface area contributed by atoms with Gasteiger partial charge in [-0.2, -0.15) is 0 Å². The average Bonchev–Trinajstić information content (AvgIpc) is 2.77. The van der Waals surface area contributed by atoms with Gasteiger partial charge >= 0.3 is 0 Å². The number of aliphatic hydroxyl groups excluding tert-OH is 4. The Bertz CT molecular complexity index is 919. The zero-order valence-electron chi connectivity index (χ0n) is 17.2. The molecule has 2 aliphatic heterocycles. The summed E-state index contributed by atoms with van der Waals surface area (Å²) < 4.78 is 30.0. The smallest absolute Gasteiger partial charge is 0.190 e. The van der Waals surface area contributed by atoms with Crippen LogP contribution in [0.1, 0.15) is 22.8 Å². The molecule has 2 heterocycles. The van der Waals surface area contributed by atoms with Crippen molar-refractivity contribution in [2.24, 2.45) is 0 Å². The highest BCUT2D eigenvalue weighted by atomic mass is 35.5. The van der Waals surface area contributed by atoms with Gasteiger partial charge in [0, 0.05) is 5.02 Å². The second-order valence-electron chi connectivity index (χ2n) is 8.35. The molecular weight excluding hydrogens is 443 g/mol. The van der Waals surface area contributed by atoms with E-state index in [-0.39, 0.29) is 19.8 Å². The van der Waals surface area contributed by atoms with Crippen molar-refractivity contribution < 1.29 is 39.0 Å². The molecule has 174 valence electrons. The minimum Gasteiger partial charge on any atom is -0.490 e. The normalized spacial score (nSPS) is 29.4. The highest BCUT2D eigenvalue weighted by Crippen LogP contribution is 2.34. The van der Waals surface area contributed by atoms with Crippen LogP contribution in [-0.4, -0.2) is 76.9 Å². The van der Waals surface area contributed by atoms with Crippen LogP contribution in [0.4, 0.5) is 4.39 Å². The van der Waals surface area contributed by atoms with Crippen LogP contribution in [0.15, 0.2) is 42.5 Å². The van der Waals surface area contributed by atoms with E-state index in [0.29, 0.717) is 22.8 Å². The first-order valence-corrected chi connectivity index (χ1v) is 10.7. The molecule has 2 fully saturated rings. The Balaban J connectivity index is 1.46. The summed E-state index contributed by atoms with van der Waals surface area (Å²) in [6, 6.07) is 12.3. The van der Waals surface area contributed by atoms with E-state index >= 15 is 0 Å². The van der Waals surface area contributed by atoms with Gasteiger partial charge in [0.15, 0.2) is 5.67 Å². The molecule has 9 heteroatoms. The summed E-state index contributed by atoms with van der Waals surface area (Å²) in [4.78, 5) is 0. The first-order valence-electron chi connectivity index (χ1n) is 10.4. The molecule has 2 saturated heterocycles. The van der Waals surface area contributed by atoms with Crippen LogP contribution >= 0.6 is 11.6 Å². The van der Waals surface area contributed by atoms with E-state index in [4.69, 9.17) is 25.8 Å². The van der Waals surface area contributed by atoms with Crippen molar-refractivity contribution in [3.8, 4) is 5.75 Å². The molecule has 0 aromatic heterocycles. The van der Waals surface area contributed by atoms with Crippen LogP contribution in [0.5, 0.6) is 5.75 Å². The fourth-order valence-electron chi connectivity index (χ4n) is 3.83. The largest absolute Gasteiger partial charge is 0.490 e.